The van der Waals surface area contributed by atoms with Crippen LogP contribution in [0.4, 0.5) is 5.69 Å². The number of rotatable bonds is 4. The zero-order chi connectivity index (χ0) is 14.6. The Morgan fingerprint density at radius 3 is 2.25 bits per heavy atom. The van der Waals surface area contributed by atoms with Crippen LogP contribution in [0.15, 0.2) is 54.6 Å². The summed E-state index contributed by atoms with van der Waals surface area (Å²) in [6, 6.07) is 18.0. The van der Waals surface area contributed by atoms with E-state index in [1.165, 1.54) is 5.56 Å². The maximum Gasteiger partial charge on any atom is 0.225 e. The molecular formula is C18H21NO. The molecule has 0 radical (unpaired) electrons. The molecule has 1 amide bonds. The number of amides is 1. The summed E-state index contributed by atoms with van der Waals surface area (Å²) in [6.07, 6.45) is 0.464. The maximum atomic E-state index is 12.2. The zero-order valence-corrected chi connectivity index (χ0v) is 12.3. The van der Waals surface area contributed by atoms with Crippen LogP contribution in [0.25, 0.3) is 0 Å². The van der Waals surface area contributed by atoms with Gasteiger partial charge in [0.15, 0.2) is 0 Å². The van der Waals surface area contributed by atoms with E-state index < -0.39 is 0 Å². The van der Waals surface area contributed by atoms with E-state index in [-0.39, 0.29) is 11.3 Å². The third-order valence-corrected chi connectivity index (χ3v) is 3.58. The minimum atomic E-state index is -0.173. The number of para-hydroxylation sites is 1. The topological polar surface area (TPSA) is 29.1 Å². The van der Waals surface area contributed by atoms with Gasteiger partial charge < -0.3 is 5.32 Å². The first-order valence-electron chi connectivity index (χ1n) is 6.90. The molecule has 0 aliphatic rings. The first-order chi connectivity index (χ1) is 9.49. The van der Waals surface area contributed by atoms with Crippen molar-refractivity contribution in [3.05, 3.63) is 65.7 Å². The minimum Gasteiger partial charge on any atom is -0.326 e. The summed E-state index contributed by atoms with van der Waals surface area (Å²) in [6.45, 7) is 6.19. The van der Waals surface area contributed by atoms with Crippen LogP contribution in [0.1, 0.15) is 31.4 Å². The predicted octanol–water partition coefficient (Wildman–Crippen LogP) is 4.30. The van der Waals surface area contributed by atoms with Crippen LogP contribution in [-0.2, 0) is 10.2 Å². The van der Waals surface area contributed by atoms with Crippen LogP contribution >= 0.6 is 0 Å². The molecule has 0 aliphatic heterocycles. The molecule has 0 saturated heterocycles. The number of carbonyl (C=O) groups is 1. The van der Waals surface area contributed by atoms with Gasteiger partial charge in [-0.3, -0.25) is 4.79 Å². The van der Waals surface area contributed by atoms with E-state index in [4.69, 9.17) is 0 Å². The highest BCUT2D eigenvalue weighted by molar-refractivity contribution is 5.92. The number of carbonyl (C=O) groups excluding carboxylic acids is 1. The summed E-state index contributed by atoms with van der Waals surface area (Å²) in [7, 11) is 0. The van der Waals surface area contributed by atoms with Crippen molar-refractivity contribution in [1.29, 1.82) is 0 Å². The lowest BCUT2D eigenvalue weighted by molar-refractivity contribution is -0.117. The number of hydrogen-bond acceptors (Lipinski definition) is 1. The Hall–Kier alpha value is -2.09. The van der Waals surface area contributed by atoms with Gasteiger partial charge in [-0.2, -0.15) is 0 Å². The summed E-state index contributed by atoms with van der Waals surface area (Å²) in [5.41, 5.74) is 2.98. The Bertz CT molecular complexity index is 587. The molecule has 0 spiro atoms. The average molecular weight is 267 g/mol. The third-order valence-electron chi connectivity index (χ3n) is 3.58. The molecule has 2 rings (SSSR count). The fourth-order valence-electron chi connectivity index (χ4n) is 2.30. The minimum absolute atomic E-state index is 0.0492. The number of benzene rings is 2. The van der Waals surface area contributed by atoms with E-state index in [1.54, 1.807) is 0 Å². The molecular weight excluding hydrogens is 246 g/mol. The monoisotopic (exact) mass is 267 g/mol. The predicted molar refractivity (Wildman–Crippen MR) is 83.9 cm³/mol. The maximum absolute atomic E-state index is 12.2. The standard InChI is InChI=1S/C18H21NO/c1-14-9-7-8-12-16(14)19-17(20)13-18(2,3)15-10-5-4-6-11-15/h4-12H,13H2,1-3H3,(H,19,20). The lowest BCUT2D eigenvalue weighted by Gasteiger charge is -2.24. The lowest BCUT2D eigenvalue weighted by atomic mass is 9.81. The summed E-state index contributed by atoms with van der Waals surface area (Å²) in [4.78, 5) is 12.2. The van der Waals surface area contributed by atoms with Crippen LogP contribution in [-0.4, -0.2) is 5.91 Å². The average Bonchev–Trinajstić information content (AvgIpc) is 2.42. The van der Waals surface area contributed by atoms with Gasteiger partial charge in [0, 0.05) is 12.1 Å². The van der Waals surface area contributed by atoms with E-state index in [0.717, 1.165) is 11.3 Å². The largest absolute Gasteiger partial charge is 0.326 e. The molecule has 0 atom stereocenters. The molecule has 2 aromatic rings. The first-order valence-corrected chi connectivity index (χ1v) is 6.90. The smallest absolute Gasteiger partial charge is 0.225 e. The SMILES string of the molecule is Cc1ccccc1NC(=O)CC(C)(C)c1ccccc1. The fraction of sp³-hybridized carbons (Fsp3) is 0.278. The van der Waals surface area contributed by atoms with E-state index in [0.29, 0.717) is 6.42 Å². The molecule has 1 N–H and O–H groups in total. The van der Waals surface area contributed by atoms with E-state index in [9.17, 15) is 4.79 Å². The van der Waals surface area contributed by atoms with Crippen LogP contribution in [0, 0.1) is 6.92 Å². The Morgan fingerprint density at radius 1 is 1.00 bits per heavy atom. The number of hydrogen-bond donors (Lipinski definition) is 1. The molecule has 0 saturated carbocycles. The summed E-state index contributed by atoms with van der Waals surface area (Å²) >= 11 is 0. The fourth-order valence-corrected chi connectivity index (χ4v) is 2.30. The van der Waals surface area contributed by atoms with E-state index >= 15 is 0 Å². The second kappa shape index (κ2) is 5.91. The Labute approximate surface area is 120 Å². The molecule has 104 valence electrons. The summed E-state index contributed by atoms with van der Waals surface area (Å²) < 4.78 is 0. The van der Waals surface area contributed by atoms with Crippen LogP contribution in [0.2, 0.25) is 0 Å². The number of aryl methyl sites for hydroxylation is 1. The van der Waals surface area contributed by atoms with Gasteiger partial charge in [0.05, 0.1) is 0 Å². The van der Waals surface area contributed by atoms with Crippen molar-refractivity contribution >= 4 is 11.6 Å². The molecule has 2 nitrogen and oxygen atoms in total. The van der Waals surface area contributed by atoms with Gasteiger partial charge in [-0.1, -0.05) is 62.4 Å². The van der Waals surface area contributed by atoms with Gasteiger partial charge in [0.2, 0.25) is 5.91 Å². The Morgan fingerprint density at radius 2 is 1.60 bits per heavy atom. The zero-order valence-electron chi connectivity index (χ0n) is 12.3. The molecule has 0 heterocycles. The van der Waals surface area contributed by atoms with Crippen LogP contribution in [0.5, 0.6) is 0 Å². The second-order valence-electron chi connectivity index (χ2n) is 5.79. The van der Waals surface area contributed by atoms with Gasteiger partial charge in [-0.05, 0) is 29.5 Å². The van der Waals surface area contributed by atoms with Crippen molar-refractivity contribution < 1.29 is 4.79 Å². The Balaban J connectivity index is 2.07. The molecule has 0 fully saturated rings. The first kappa shape index (κ1) is 14.3. The van der Waals surface area contributed by atoms with Crippen molar-refractivity contribution in [2.45, 2.75) is 32.6 Å². The van der Waals surface area contributed by atoms with Crippen molar-refractivity contribution in [3.63, 3.8) is 0 Å². The van der Waals surface area contributed by atoms with Gasteiger partial charge in [-0.15, -0.1) is 0 Å². The third kappa shape index (κ3) is 3.47. The van der Waals surface area contributed by atoms with E-state index in [1.807, 2.05) is 49.4 Å². The molecule has 0 unspecified atom stereocenters. The quantitative estimate of drug-likeness (QED) is 0.879. The molecule has 2 heteroatoms. The van der Waals surface area contributed by atoms with Crippen molar-refractivity contribution in [2.75, 3.05) is 5.32 Å². The normalized spacial score (nSPS) is 11.2. The molecule has 0 aromatic heterocycles. The summed E-state index contributed by atoms with van der Waals surface area (Å²) in [5.74, 6) is 0.0492. The van der Waals surface area contributed by atoms with Crippen LogP contribution in [0.3, 0.4) is 0 Å². The van der Waals surface area contributed by atoms with Gasteiger partial charge in [0.25, 0.3) is 0 Å². The highest BCUT2D eigenvalue weighted by Crippen LogP contribution is 2.27. The van der Waals surface area contributed by atoms with Gasteiger partial charge >= 0.3 is 0 Å². The number of nitrogens with one attached hydrogen (secondary N) is 1. The van der Waals surface area contributed by atoms with Crippen LogP contribution < -0.4 is 5.32 Å². The highest BCUT2D eigenvalue weighted by atomic mass is 16.1. The van der Waals surface area contributed by atoms with Crippen molar-refractivity contribution in [1.82, 2.24) is 0 Å². The van der Waals surface area contributed by atoms with Crippen molar-refractivity contribution in [2.24, 2.45) is 0 Å². The molecule has 0 aliphatic carbocycles. The lowest BCUT2D eigenvalue weighted by Crippen LogP contribution is -2.26. The second-order valence-corrected chi connectivity index (χ2v) is 5.79. The molecule has 0 bridgehead atoms. The van der Waals surface area contributed by atoms with E-state index in [2.05, 4.69) is 31.3 Å². The van der Waals surface area contributed by atoms with Crippen molar-refractivity contribution in [3.8, 4) is 0 Å². The van der Waals surface area contributed by atoms with Gasteiger partial charge in [0.1, 0.15) is 0 Å². The molecule has 20 heavy (non-hydrogen) atoms. The van der Waals surface area contributed by atoms with Gasteiger partial charge in [-0.25, -0.2) is 0 Å². The molecule has 2 aromatic carbocycles. The summed E-state index contributed by atoms with van der Waals surface area (Å²) in [5, 5.41) is 3.00. The highest BCUT2D eigenvalue weighted by Gasteiger charge is 2.24. The Kier molecular flexibility index (Phi) is 4.23. The number of anilines is 1.